The Balaban J connectivity index is 2.35. The van der Waals surface area contributed by atoms with E-state index in [4.69, 9.17) is 10.5 Å². The molecule has 1 aromatic carbocycles. The number of rotatable bonds is 1. The zero-order valence-corrected chi connectivity index (χ0v) is 8.79. The fraction of sp³-hybridized carbons (Fsp3) is 0.500. The van der Waals surface area contributed by atoms with Crippen molar-refractivity contribution < 1.29 is 4.74 Å². The smallest absolute Gasteiger partial charge is 0.124 e. The van der Waals surface area contributed by atoms with Crippen molar-refractivity contribution in [3.05, 3.63) is 29.3 Å². The molecule has 2 atom stereocenters. The molecule has 1 aromatic rings. The lowest BCUT2D eigenvalue weighted by Crippen LogP contribution is -2.28. The van der Waals surface area contributed by atoms with E-state index in [0.717, 1.165) is 24.2 Å². The van der Waals surface area contributed by atoms with E-state index in [9.17, 15) is 0 Å². The molecule has 2 N–H and O–H groups in total. The quantitative estimate of drug-likeness (QED) is 0.740. The zero-order valence-electron chi connectivity index (χ0n) is 8.79. The van der Waals surface area contributed by atoms with Crippen molar-refractivity contribution in [2.75, 3.05) is 0 Å². The van der Waals surface area contributed by atoms with Crippen LogP contribution in [-0.4, -0.2) is 6.10 Å². The molecule has 76 valence electrons. The van der Waals surface area contributed by atoms with E-state index in [1.165, 1.54) is 5.56 Å². The van der Waals surface area contributed by atoms with Gasteiger partial charge in [0, 0.05) is 18.0 Å². The highest BCUT2D eigenvalue weighted by Crippen LogP contribution is 2.34. The Bertz CT molecular complexity index is 335. The molecule has 0 amide bonds. The Hall–Kier alpha value is -1.02. The van der Waals surface area contributed by atoms with Gasteiger partial charge in [-0.2, -0.15) is 0 Å². The third-order valence-electron chi connectivity index (χ3n) is 2.83. The first kappa shape index (κ1) is 9.53. The molecule has 0 aromatic heterocycles. The highest BCUT2D eigenvalue weighted by molar-refractivity contribution is 5.40. The minimum atomic E-state index is 0.142. The summed E-state index contributed by atoms with van der Waals surface area (Å²) in [7, 11) is 0. The average molecular weight is 191 g/mol. The summed E-state index contributed by atoms with van der Waals surface area (Å²) in [6.07, 6.45) is 2.26. The molecule has 0 spiro atoms. The summed E-state index contributed by atoms with van der Waals surface area (Å²) in [6, 6.07) is 6.38. The lowest BCUT2D eigenvalue weighted by atomic mass is 9.95. The van der Waals surface area contributed by atoms with E-state index in [1.54, 1.807) is 0 Å². The van der Waals surface area contributed by atoms with Crippen molar-refractivity contribution in [3.63, 3.8) is 0 Å². The van der Waals surface area contributed by atoms with E-state index < -0.39 is 0 Å². The monoisotopic (exact) mass is 191 g/mol. The summed E-state index contributed by atoms with van der Waals surface area (Å²) in [5.74, 6) is 0.973. The summed E-state index contributed by atoms with van der Waals surface area (Å²) in [5, 5.41) is 0. The van der Waals surface area contributed by atoms with Crippen molar-refractivity contribution in [1.82, 2.24) is 0 Å². The van der Waals surface area contributed by atoms with Crippen molar-refractivity contribution >= 4 is 0 Å². The van der Waals surface area contributed by atoms with E-state index in [2.05, 4.69) is 26.0 Å². The topological polar surface area (TPSA) is 35.2 Å². The highest BCUT2D eigenvalue weighted by Gasteiger charge is 2.24. The summed E-state index contributed by atoms with van der Waals surface area (Å²) in [6.45, 7) is 4.22. The molecule has 0 saturated heterocycles. The molecule has 1 heterocycles. The summed E-state index contributed by atoms with van der Waals surface area (Å²) in [5.41, 5.74) is 8.51. The van der Waals surface area contributed by atoms with Gasteiger partial charge >= 0.3 is 0 Å². The molecule has 0 saturated carbocycles. The third kappa shape index (κ3) is 1.62. The second kappa shape index (κ2) is 3.62. The van der Waals surface area contributed by atoms with Crippen LogP contribution in [0.1, 0.15) is 36.9 Å². The van der Waals surface area contributed by atoms with Gasteiger partial charge in [-0.15, -0.1) is 0 Å². The van der Waals surface area contributed by atoms with Crippen LogP contribution in [0.3, 0.4) is 0 Å². The summed E-state index contributed by atoms with van der Waals surface area (Å²) < 4.78 is 5.83. The van der Waals surface area contributed by atoms with Gasteiger partial charge in [-0.3, -0.25) is 0 Å². The molecule has 2 heteroatoms. The first-order chi connectivity index (χ1) is 6.70. The molecule has 0 aliphatic carbocycles. The van der Waals surface area contributed by atoms with Crippen molar-refractivity contribution in [2.45, 2.75) is 38.8 Å². The Morgan fingerprint density at radius 2 is 2.29 bits per heavy atom. The molecule has 1 aliphatic heterocycles. The van der Waals surface area contributed by atoms with Crippen LogP contribution in [0.4, 0.5) is 0 Å². The number of hydrogen-bond donors (Lipinski definition) is 1. The molecule has 0 bridgehead atoms. The molecule has 2 rings (SSSR count). The minimum absolute atomic E-state index is 0.142. The van der Waals surface area contributed by atoms with Gasteiger partial charge in [0.2, 0.25) is 0 Å². The van der Waals surface area contributed by atoms with Crippen LogP contribution in [0, 0.1) is 6.92 Å². The summed E-state index contributed by atoms with van der Waals surface area (Å²) in [4.78, 5) is 0. The Labute approximate surface area is 85.1 Å². The Kier molecular flexibility index (Phi) is 2.46. The molecule has 1 unspecified atom stereocenters. The number of fused-ring (bicyclic) bond motifs is 1. The van der Waals surface area contributed by atoms with Gasteiger partial charge in [0.1, 0.15) is 11.9 Å². The SMILES string of the molecule is CCC1C[C@H](N)c2cc(C)ccc2O1. The van der Waals surface area contributed by atoms with Crippen LogP contribution in [0.5, 0.6) is 5.75 Å². The van der Waals surface area contributed by atoms with E-state index in [-0.39, 0.29) is 6.04 Å². The first-order valence-electron chi connectivity index (χ1n) is 5.23. The predicted octanol–water partition coefficient (Wildman–Crippen LogP) is 2.56. The molecular formula is C12H17NO. The zero-order chi connectivity index (χ0) is 10.1. The molecule has 14 heavy (non-hydrogen) atoms. The van der Waals surface area contributed by atoms with Gasteiger partial charge in [0.15, 0.2) is 0 Å². The summed E-state index contributed by atoms with van der Waals surface area (Å²) >= 11 is 0. The van der Waals surface area contributed by atoms with Crippen molar-refractivity contribution in [1.29, 1.82) is 0 Å². The number of benzene rings is 1. The first-order valence-corrected chi connectivity index (χ1v) is 5.23. The molecular weight excluding hydrogens is 174 g/mol. The maximum Gasteiger partial charge on any atom is 0.124 e. The van der Waals surface area contributed by atoms with Crippen LogP contribution in [-0.2, 0) is 0 Å². The van der Waals surface area contributed by atoms with Gasteiger partial charge < -0.3 is 10.5 Å². The molecule has 0 fully saturated rings. The average Bonchev–Trinajstić information content (AvgIpc) is 2.19. The van der Waals surface area contributed by atoms with E-state index in [1.807, 2.05) is 6.07 Å². The maximum atomic E-state index is 6.10. The normalized spacial score (nSPS) is 25.4. The fourth-order valence-corrected chi connectivity index (χ4v) is 1.95. The van der Waals surface area contributed by atoms with Gasteiger partial charge in [0.05, 0.1) is 0 Å². The third-order valence-corrected chi connectivity index (χ3v) is 2.83. The van der Waals surface area contributed by atoms with Crippen molar-refractivity contribution in [3.8, 4) is 5.75 Å². The number of aryl methyl sites for hydroxylation is 1. The van der Waals surface area contributed by atoms with Crippen LogP contribution in [0.2, 0.25) is 0 Å². The van der Waals surface area contributed by atoms with Gasteiger partial charge in [-0.1, -0.05) is 24.6 Å². The molecule has 2 nitrogen and oxygen atoms in total. The number of hydrogen-bond acceptors (Lipinski definition) is 2. The van der Waals surface area contributed by atoms with E-state index >= 15 is 0 Å². The van der Waals surface area contributed by atoms with Crippen LogP contribution < -0.4 is 10.5 Å². The van der Waals surface area contributed by atoms with Gasteiger partial charge in [-0.05, 0) is 19.4 Å². The largest absolute Gasteiger partial charge is 0.490 e. The standard InChI is InChI=1S/C12H17NO/c1-3-9-7-11(13)10-6-8(2)4-5-12(10)14-9/h4-6,9,11H,3,7,13H2,1-2H3/t9?,11-/m0/s1. The second-order valence-electron chi connectivity index (χ2n) is 4.03. The van der Waals surface area contributed by atoms with E-state index in [0.29, 0.717) is 6.10 Å². The Morgan fingerprint density at radius 1 is 1.50 bits per heavy atom. The lowest BCUT2D eigenvalue weighted by molar-refractivity contribution is 0.155. The Morgan fingerprint density at radius 3 is 3.00 bits per heavy atom. The van der Waals surface area contributed by atoms with Crippen molar-refractivity contribution in [2.24, 2.45) is 5.73 Å². The molecule has 0 radical (unpaired) electrons. The van der Waals surface area contributed by atoms with Crippen LogP contribution in [0.25, 0.3) is 0 Å². The number of ether oxygens (including phenoxy) is 1. The predicted molar refractivity (Wildman–Crippen MR) is 57.4 cm³/mol. The number of nitrogens with two attached hydrogens (primary N) is 1. The second-order valence-corrected chi connectivity index (χ2v) is 4.03. The van der Waals surface area contributed by atoms with Gasteiger partial charge in [-0.25, -0.2) is 0 Å². The fourth-order valence-electron chi connectivity index (χ4n) is 1.95. The van der Waals surface area contributed by atoms with Crippen LogP contribution >= 0.6 is 0 Å². The molecule has 1 aliphatic rings. The van der Waals surface area contributed by atoms with Crippen LogP contribution in [0.15, 0.2) is 18.2 Å². The highest BCUT2D eigenvalue weighted by atomic mass is 16.5. The maximum absolute atomic E-state index is 6.10. The minimum Gasteiger partial charge on any atom is -0.490 e. The van der Waals surface area contributed by atoms with Gasteiger partial charge in [0.25, 0.3) is 0 Å². The lowest BCUT2D eigenvalue weighted by Gasteiger charge is -2.29.